The third-order valence-electron chi connectivity index (χ3n) is 5.29. The van der Waals surface area contributed by atoms with Crippen molar-refractivity contribution >= 4 is 69.1 Å². The van der Waals surface area contributed by atoms with Gasteiger partial charge in [-0.2, -0.15) is 0 Å². The van der Waals surface area contributed by atoms with Gasteiger partial charge in [0.05, 0.1) is 29.6 Å². The van der Waals surface area contributed by atoms with E-state index in [9.17, 15) is 14.4 Å². The van der Waals surface area contributed by atoms with Crippen LogP contribution in [0.5, 0.6) is 5.75 Å². The highest BCUT2D eigenvalue weighted by molar-refractivity contribution is 7.99. The highest BCUT2D eigenvalue weighted by Gasteiger charge is 2.28. The summed E-state index contributed by atoms with van der Waals surface area (Å²) in [6.07, 6.45) is 1.15. The number of halogens is 2. The number of carbonyl (C=O) groups is 3. The number of thiophene rings is 1. The fourth-order valence-electron chi connectivity index (χ4n) is 3.56. The number of rotatable bonds is 13. The summed E-state index contributed by atoms with van der Waals surface area (Å²) in [6, 6.07) is 4.92. The zero-order chi connectivity index (χ0) is 29.4. The maximum Gasteiger partial charge on any atom is 0.348 e. The zero-order valence-electron chi connectivity index (χ0n) is 22.3. The van der Waals surface area contributed by atoms with Gasteiger partial charge in [0.1, 0.15) is 15.6 Å². The first-order valence-electron chi connectivity index (χ1n) is 12.2. The molecule has 40 heavy (non-hydrogen) atoms. The Morgan fingerprint density at radius 1 is 1.18 bits per heavy atom. The summed E-state index contributed by atoms with van der Waals surface area (Å²) in [7, 11) is 0. The average Bonchev–Trinajstić information content (AvgIpc) is 3.45. The molecule has 0 saturated heterocycles. The van der Waals surface area contributed by atoms with Crippen LogP contribution in [0, 0.1) is 6.92 Å². The molecule has 0 aliphatic rings. The number of allylic oxidation sites excluding steroid dienone is 1. The Morgan fingerprint density at radius 3 is 2.52 bits per heavy atom. The second-order valence-corrected chi connectivity index (χ2v) is 10.9. The molecule has 0 fully saturated rings. The molecule has 1 N–H and O–H groups in total. The molecule has 2 heterocycles. The van der Waals surface area contributed by atoms with Crippen LogP contribution < -0.4 is 10.1 Å². The largest absolute Gasteiger partial charge is 0.481 e. The maximum absolute atomic E-state index is 12.9. The van der Waals surface area contributed by atoms with Crippen molar-refractivity contribution in [2.24, 2.45) is 0 Å². The van der Waals surface area contributed by atoms with Gasteiger partial charge in [0, 0.05) is 11.6 Å². The number of esters is 2. The third kappa shape index (κ3) is 7.57. The molecule has 2 aromatic heterocycles. The lowest BCUT2D eigenvalue weighted by atomic mass is 10.1. The summed E-state index contributed by atoms with van der Waals surface area (Å²) in [5.41, 5.74) is 0.507. The van der Waals surface area contributed by atoms with Crippen LogP contribution in [0.1, 0.15) is 58.3 Å². The molecule has 1 amide bonds. The number of anilines is 1. The number of nitrogens with zero attached hydrogens (tertiary/aromatic N) is 3. The van der Waals surface area contributed by atoms with Gasteiger partial charge in [-0.25, -0.2) is 9.59 Å². The Labute approximate surface area is 250 Å². The van der Waals surface area contributed by atoms with E-state index in [0.717, 1.165) is 23.1 Å². The van der Waals surface area contributed by atoms with Crippen molar-refractivity contribution in [3.05, 3.63) is 62.7 Å². The Hall–Kier alpha value is -3.06. The number of ether oxygens (including phenoxy) is 3. The van der Waals surface area contributed by atoms with E-state index in [1.54, 1.807) is 56.5 Å². The quantitative estimate of drug-likeness (QED) is 0.131. The van der Waals surface area contributed by atoms with Gasteiger partial charge in [-0.1, -0.05) is 41.0 Å². The second-order valence-electron chi connectivity index (χ2n) is 8.11. The molecule has 14 heteroatoms. The molecule has 1 unspecified atom stereocenters. The van der Waals surface area contributed by atoms with Gasteiger partial charge in [0.2, 0.25) is 5.91 Å². The number of thioether (sulfide) groups is 1. The average molecular weight is 628 g/mol. The first-order chi connectivity index (χ1) is 19.1. The number of hydrogen-bond donors (Lipinski definition) is 1. The Kier molecular flexibility index (Phi) is 11.4. The number of aromatic nitrogens is 3. The molecule has 0 radical (unpaired) electrons. The molecule has 3 rings (SSSR count). The van der Waals surface area contributed by atoms with Crippen LogP contribution in [-0.4, -0.2) is 51.6 Å². The summed E-state index contributed by atoms with van der Waals surface area (Å²) >= 11 is 14.3. The van der Waals surface area contributed by atoms with E-state index < -0.39 is 23.9 Å². The molecule has 0 aliphatic carbocycles. The molecule has 0 spiro atoms. The van der Waals surface area contributed by atoms with E-state index in [1.807, 2.05) is 0 Å². The fourth-order valence-corrected chi connectivity index (χ4v) is 5.87. The van der Waals surface area contributed by atoms with Crippen LogP contribution in [-0.2, 0) is 20.8 Å². The zero-order valence-corrected chi connectivity index (χ0v) is 25.4. The van der Waals surface area contributed by atoms with E-state index in [4.69, 9.17) is 37.4 Å². The van der Waals surface area contributed by atoms with Gasteiger partial charge in [0.15, 0.2) is 17.1 Å². The molecular formula is C26H28Cl2N4O6S2. The van der Waals surface area contributed by atoms with Crippen LogP contribution in [0.4, 0.5) is 5.00 Å². The number of benzene rings is 1. The van der Waals surface area contributed by atoms with Crippen molar-refractivity contribution in [3.8, 4) is 5.75 Å². The van der Waals surface area contributed by atoms with E-state index in [0.29, 0.717) is 38.9 Å². The van der Waals surface area contributed by atoms with Crippen molar-refractivity contribution in [1.29, 1.82) is 0 Å². The molecule has 1 aromatic carbocycles. The predicted molar refractivity (Wildman–Crippen MR) is 156 cm³/mol. The van der Waals surface area contributed by atoms with E-state index in [-0.39, 0.29) is 34.4 Å². The third-order valence-corrected chi connectivity index (χ3v) is 7.98. The Bertz CT molecular complexity index is 1410. The molecule has 3 aromatic rings. The number of amides is 1. The molecule has 0 saturated carbocycles. The summed E-state index contributed by atoms with van der Waals surface area (Å²) < 4.78 is 18.0. The molecule has 214 valence electrons. The van der Waals surface area contributed by atoms with Crippen molar-refractivity contribution in [2.45, 2.75) is 45.5 Å². The van der Waals surface area contributed by atoms with Crippen molar-refractivity contribution in [3.63, 3.8) is 0 Å². The monoisotopic (exact) mass is 626 g/mol. The standard InChI is InChI=1S/C26H28Cl2N4O6S2/c1-6-11-32-22(15(5)38-18-10-9-16(27)12-17(18)28)30-31-26(32)39-13-19(33)29-23-20(24(34)36-7-2)14(4)21(40-23)25(35)37-8-3/h6,9-10,12,15H,1,7-8,11,13H2,2-5H3,(H,29,33). The van der Waals surface area contributed by atoms with Gasteiger partial charge < -0.3 is 19.5 Å². The lowest BCUT2D eigenvalue weighted by molar-refractivity contribution is -0.113. The second kappa shape index (κ2) is 14.5. The van der Waals surface area contributed by atoms with Crippen LogP contribution in [0.3, 0.4) is 0 Å². The summed E-state index contributed by atoms with van der Waals surface area (Å²) in [4.78, 5) is 38.1. The van der Waals surface area contributed by atoms with E-state index in [1.165, 1.54) is 0 Å². The Balaban J connectivity index is 1.77. The van der Waals surface area contributed by atoms with Gasteiger partial charge in [-0.15, -0.1) is 28.1 Å². The summed E-state index contributed by atoms with van der Waals surface area (Å²) in [5.74, 6) is -0.746. The molecule has 0 aliphatic heterocycles. The SMILES string of the molecule is C=CCn1c(SCC(=O)Nc2sc(C(=O)OCC)c(C)c2C(=O)OCC)nnc1C(C)Oc1ccc(Cl)cc1Cl. The minimum atomic E-state index is -0.639. The summed E-state index contributed by atoms with van der Waals surface area (Å²) in [5, 5.41) is 12.7. The first kappa shape index (κ1) is 31.5. The Morgan fingerprint density at radius 2 is 1.88 bits per heavy atom. The normalized spacial score (nSPS) is 11.6. The van der Waals surface area contributed by atoms with Crippen LogP contribution >= 0.6 is 46.3 Å². The molecular weight excluding hydrogens is 599 g/mol. The van der Waals surface area contributed by atoms with Crippen molar-refractivity contribution < 1.29 is 28.6 Å². The number of hydrogen-bond acceptors (Lipinski definition) is 10. The smallest absolute Gasteiger partial charge is 0.348 e. The van der Waals surface area contributed by atoms with Gasteiger partial charge in [-0.05, 0) is 51.5 Å². The lowest BCUT2D eigenvalue weighted by Gasteiger charge is -2.16. The van der Waals surface area contributed by atoms with E-state index >= 15 is 0 Å². The fraction of sp³-hybridized carbons (Fsp3) is 0.346. The minimum Gasteiger partial charge on any atom is -0.481 e. The van der Waals surface area contributed by atoms with Gasteiger partial charge >= 0.3 is 11.9 Å². The van der Waals surface area contributed by atoms with E-state index in [2.05, 4.69) is 22.1 Å². The van der Waals surface area contributed by atoms with Gasteiger partial charge in [0.25, 0.3) is 0 Å². The summed E-state index contributed by atoms with van der Waals surface area (Å²) in [6.45, 7) is 11.2. The predicted octanol–water partition coefficient (Wildman–Crippen LogP) is 6.37. The van der Waals surface area contributed by atoms with Crippen molar-refractivity contribution in [1.82, 2.24) is 14.8 Å². The first-order valence-corrected chi connectivity index (χ1v) is 14.7. The van der Waals surface area contributed by atoms with Crippen molar-refractivity contribution in [2.75, 3.05) is 24.3 Å². The van der Waals surface area contributed by atoms with Crippen LogP contribution in [0.2, 0.25) is 10.0 Å². The minimum absolute atomic E-state index is 0.0541. The van der Waals surface area contributed by atoms with Crippen LogP contribution in [0.15, 0.2) is 36.0 Å². The highest BCUT2D eigenvalue weighted by Crippen LogP contribution is 2.35. The topological polar surface area (TPSA) is 122 Å². The number of carbonyl (C=O) groups excluding carboxylic acids is 3. The molecule has 10 nitrogen and oxygen atoms in total. The van der Waals surface area contributed by atoms with Gasteiger partial charge in [-0.3, -0.25) is 9.36 Å². The lowest BCUT2D eigenvalue weighted by Crippen LogP contribution is -2.17. The molecule has 0 bridgehead atoms. The highest BCUT2D eigenvalue weighted by atomic mass is 35.5. The number of nitrogens with one attached hydrogen (secondary N) is 1. The molecule has 1 atom stereocenters. The van der Waals surface area contributed by atoms with Crippen LogP contribution in [0.25, 0.3) is 0 Å². The maximum atomic E-state index is 12.9.